The van der Waals surface area contributed by atoms with Crippen molar-refractivity contribution in [3.8, 4) is 0 Å². The molecule has 1 fully saturated rings. The number of carbonyl (C=O) groups is 1. The molecule has 2 aromatic heterocycles. The molecule has 202 valence electrons. The van der Waals surface area contributed by atoms with Crippen LogP contribution in [0.5, 0.6) is 0 Å². The quantitative estimate of drug-likeness (QED) is 0.123. The van der Waals surface area contributed by atoms with Crippen molar-refractivity contribution in [3.63, 3.8) is 0 Å². The Morgan fingerprint density at radius 3 is 2.47 bits per heavy atom. The summed E-state index contributed by atoms with van der Waals surface area (Å²) in [4.78, 5) is 24.6. The molecule has 1 aliphatic rings. The fourth-order valence-corrected chi connectivity index (χ4v) is 4.00. The minimum absolute atomic E-state index is 0.0711. The number of nitrogens with one attached hydrogen (secondary N) is 3. The molecule has 0 atom stereocenters. The normalized spacial score (nSPS) is 13.6. The Hall–Kier alpha value is -3.89. The number of aliphatic hydroxyl groups is 3. The van der Waals surface area contributed by atoms with Crippen molar-refractivity contribution in [3.05, 3.63) is 65.7 Å². The van der Waals surface area contributed by atoms with Gasteiger partial charge in [0.1, 0.15) is 11.6 Å². The first-order valence-corrected chi connectivity index (χ1v) is 13.0. The summed E-state index contributed by atoms with van der Waals surface area (Å²) in [5.41, 5.74) is 3.16. The molecule has 3 aromatic rings. The van der Waals surface area contributed by atoms with Gasteiger partial charge in [0.15, 0.2) is 0 Å². The fraction of sp³-hybridized carbons (Fsp3) is 0.261. The summed E-state index contributed by atoms with van der Waals surface area (Å²) in [5, 5.41) is 32.6. The van der Waals surface area contributed by atoms with Crippen molar-refractivity contribution in [1.82, 2.24) is 15.4 Å². The molecule has 0 radical (unpaired) electrons. The number of hydrogen-bond acceptors (Lipinski definition) is 11. The van der Waals surface area contributed by atoms with Crippen LogP contribution in [0, 0.1) is 5.95 Å². The van der Waals surface area contributed by atoms with E-state index in [9.17, 15) is 17.6 Å². The van der Waals surface area contributed by atoms with E-state index in [2.05, 4.69) is 25.4 Å². The van der Waals surface area contributed by atoms with Gasteiger partial charge in [0.2, 0.25) is 16.0 Å². The van der Waals surface area contributed by atoms with Crippen molar-refractivity contribution in [2.75, 3.05) is 28.2 Å². The summed E-state index contributed by atoms with van der Waals surface area (Å²) < 4.78 is 39.4. The molecule has 0 unspecified atom stereocenters. The summed E-state index contributed by atoms with van der Waals surface area (Å²) in [6.45, 7) is 0. The molecule has 4 rings (SSSR count). The Kier molecular flexibility index (Phi) is 7.48. The number of carbonyl (C=O) groups excluding carboxylic acids is 1. The first kappa shape index (κ1) is 27.2. The highest BCUT2D eigenvalue weighted by molar-refractivity contribution is 7.92. The molecule has 6 N–H and O–H groups in total. The molecular formula is C23H25FN6O7S. The van der Waals surface area contributed by atoms with E-state index in [-0.39, 0.29) is 22.9 Å². The predicted molar refractivity (Wildman–Crippen MR) is 135 cm³/mol. The van der Waals surface area contributed by atoms with Gasteiger partial charge in [0.05, 0.1) is 28.9 Å². The lowest BCUT2D eigenvalue weighted by Gasteiger charge is -2.23. The molecule has 1 amide bonds. The van der Waals surface area contributed by atoms with Crippen molar-refractivity contribution < 1.29 is 37.8 Å². The fourth-order valence-electron chi connectivity index (χ4n) is 3.50. The van der Waals surface area contributed by atoms with Crippen LogP contribution in [0.15, 0.2) is 48.7 Å². The maximum atomic E-state index is 13.5. The van der Waals surface area contributed by atoms with Crippen LogP contribution in [-0.4, -0.2) is 59.1 Å². The number of anilines is 5. The molecule has 15 heteroatoms. The van der Waals surface area contributed by atoms with E-state index in [1.165, 1.54) is 25.2 Å². The predicted octanol–water partition coefficient (Wildman–Crippen LogP) is 1.63. The summed E-state index contributed by atoms with van der Waals surface area (Å²) in [6.07, 6.45) is 0.506. The van der Waals surface area contributed by atoms with Gasteiger partial charge in [0, 0.05) is 19.3 Å². The Balaban J connectivity index is 1.74. The lowest BCUT2D eigenvalue weighted by atomic mass is 10.1. The maximum absolute atomic E-state index is 13.5. The van der Waals surface area contributed by atoms with Gasteiger partial charge in [-0.2, -0.15) is 9.23 Å². The van der Waals surface area contributed by atoms with Gasteiger partial charge < -0.3 is 26.0 Å². The van der Waals surface area contributed by atoms with Crippen molar-refractivity contribution in [2.24, 2.45) is 0 Å². The van der Waals surface area contributed by atoms with Crippen LogP contribution < -0.4 is 20.4 Å². The SMILES string of the molecule is CN(c1cc(C2CC2)ccc1Nc1cc(Nc2cccc(F)n2)ncc1C(=O)NOC(O)(O)O)S(C)(=O)=O. The molecule has 0 spiro atoms. The number of rotatable bonds is 10. The highest BCUT2D eigenvalue weighted by Gasteiger charge is 2.27. The molecule has 1 aliphatic carbocycles. The van der Waals surface area contributed by atoms with Crippen molar-refractivity contribution in [2.45, 2.75) is 24.9 Å². The van der Waals surface area contributed by atoms with Crippen LogP contribution >= 0.6 is 0 Å². The molecule has 0 saturated heterocycles. The van der Waals surface area contributed by atoms with Crippen LogP contribution in [0.25, 0.3) is 0 Å². The number of aromatic nitrogens is 2. The van der Waals surface area contributed by atoms with Crippen molar-refractivity contribution in [1.29, 1.82) is 0 Å². The van der Waals surface area contributed by atoms with E-state index < -0.39 is 28.0 Å². The second kappa shape index (κ2) is 10.5. The van der Waals surface area contributed by atoms with Gasteiger partial charge in [0.25, 0.3) is 5.91 Å². The summed E-state index contributed by atoms with van der Waals surface area (Å²) >= 11 is 0. The summed E-state index contributed by atoms with van der Waals surface area (Å²) in [5.74, 6) is -1.17. The van der Waals surface area contributed by atoms with E-state index in [1.807, 2.05) is 6.07 Å². The van der Waals surface area contributed by atoms with Crippen LogP contribution in [0.2, 0.25) is 0 Å². The number of amides is 1. The van der Waals surface area contributed by atoms with E-state index in [0.29, 0.717) is 17.3 Å². The van der Waals surface area contributed by atoms with E-state index in [0.717, 1.165) is 41.2 Å². The molecule has 0 aliphatic heterocycles. The van der Waals surface area contributed by atoms with Crippen LogP contribution in [0.4, 0.5) is 33.1 Å². The number of sulfonamides is 1. The van der Waals surface area contributed by atoms with Gasteiger partial charge >= 0.3 is 6.16 Å². The van der Waals surface area contributed by atoms with Crippen LogP contribution in [0.1, 0.15) is 34.7 Å². The average Bonchev–Trinajstić information content (AvgIpc) is 3.67. The Morgan fingerprint density at radius 1 is 1.11 bits per heavy atom. The average molecular weight is 549 g/mol. The number of nitrogens with zero attached hydrogens (tertiary/aromatic N) is 3. The van der Waals surface area contributed by atoms with Gasteiger partial charge in [-0.15, -0.1) is 0 Å². The third-order valence-corrected chi connectivity index (χ3v) is 6.77. The molecule has 13 nitrogen and oxygen atoms in total. The Bertz CT molecular complexity index is 1460. The zero-order valence-corrected chi connectivity index (χ0v) is 21.0. The third-order valence-electron chi connectivity index (χ3n) is 5.58. The minimum atomic E-state index is -3.65. The Morgan fingerprint density at radius 2 is 1.84 bits per heavy atom. The standard InChI is InChI=1S/C23H25FN6O7S/c1-30(38(2,35)36)18-10-14(13-6-7-13)8-9-16(18)26-17-11-21(28-20-5-3-4-19(24)27-20)25-12-15(17)22(31)29-37-23(32,33)34/h3-5,8-13,32-34H,6-7H2,1-2H3,(H,29,31)(H2,25,26,27,28). The number of pyridine rings is 2. The molecule has 1 saturated carbocycles. The topological polar surface area (TPSA) is 186 Å². The molecule has 38 heavy (non-hydrogen) atoms. The number of hydrogen-bond donors (Lipinski definition) is 6. The van der Waals surface area contributed by atoms with Gasteiger partial charge in [-0.1, -0.05) is 12.1 Å². The lowest BCUT2D eigenvalue weighted by molar-refractivity contribution is -0.466. The zero-order valence-electron chi connectivity index (χ0n) is 20.2. The minimum Gasteiger partial charge on any atom is -0.353 e. The first-order chi connectivity index (χ1) is 17.8. The second-order valence-corrected chi connectivity index (χ2v) is 10.6. The smallest absolute Gasteiger partial charge is 0.353 e. The van der Waals surface area contributed by atoms with E-state index in [1.54, 1.807) is 17.6 Å². The summed E-state index contributed by atoms with van der Waals surface area (Å²) in [7, 11) is -2.26. The number of halogens is 1. The molecule has 0 bridgehead atoms. The maximum Gasteiger partial charge on any atom is 0.426 e. The monoisotopic (exact) mass is 548 g/mol. The number of hydroxylamine groups is 1. The third kappa shape index (κ3) is 6.90. The van der Waals surface area contributed by atoms with Crippen LogP contribution in [-0.2, 0) is 14.9 Å². The molecule has 2 heterocycles. The molecular weight excluding hydrogens is 523 g/mol. The largest absolute Gasteiger partial charge is 0.426 e. The molecule has 1 aromatic carbocycles. The lowest BCUT2D eigenvalue weighted by Crippen LogP contribution is -2.40. The van der Waals surface area contributed by atoms with Crippen molar-refractivity contribution >= 4 is 44.6 Å². The van der Waals surface area contributed by atoms with Gasteiger partial charge in [-0.05, 0) is 48.6 Å². The van der Waals surface area contributed by atoms with E-state index in [4.69, 9.17) is 15.3 Å². The zero-order chi connectivity index (χ0) is 27.7. The number of benzene rings is 1. The van der Waals surface area contributed by atoms with E-state index >= 15 is 0 Å². The second-order valence-electron chi connectivity index (χ2n) is 8.60. The summed E-state index contributed by atoms with van der Waals surface area (Å²) in [6, 6.07) is 10.7. The highest BCUT2D eigenvalue weighted by atomic mass is 32.2. The van der Waals surface area contributed by atoms with Gasteiger partial charge in [-0.25, -0.2) is 23.9 Å². The first-order valence-electron chi connectivity index (χ1n) is 11.2. The highest BCUT2D eigenvalue weighted by Crippen LogP contribution is 2.43. The van der Waals surface area contributed by atoms with Gasteiger partial charge in [-0.3, -0.25) is 9.10 Å². The Labute approximate surface area is 216 Å². The van der Waals surface area contributed by atoms with Crippen LogP contribution in [0.3, 0.4) is 0 Å².